The van der Waals surface area contributed by atoms with Crippen LogP contribution in [0.15, 0.2) is 82.2 Å². The van der Waals surface area contributed by atoms with Gasteiger partial charge in [-0.05, 0) is 100 Å². The van der Waals surface area contributed by atoms with Crippen molar-refractivity contribution in [1.29, 1.82) is 0 Å². The number of hydrogen-bond donors (Lipinski definition) is 1. The van der Waals surface area contributed by atoms with Gasteiger partial charge in [-0.2, -0.15) is 0 Å². The zero-order valence-corrected chi connectivity index (χ0v) is 27.9. The molecule has 3 rings (SSSR count). The van der Waals surface area contributed by atoms with E-state index in [-0.39, 0.29) is 23.0 Å². The smallest absolute Gasteiger partial charge is 0.264 e. The SMILES string of the molecule is CCOc1ccc(N(CC(=O)N(Cc2ccc(OC)cc2)[C@@H](CC)C(=O)NC(C)(C)C)S(=O)(=O)c2ccc(Br)cc2)cc1. The molecule has 1 atom stereocenters. The van der Waals surface area contributed by atoms with Gasteiger partial charge in [0.15, 0.2) is 0 Å². The number of amides is 2. The van der Waals surface area contributed by atoms with E-state index >= 15 is 0 Å². The first-order chi connectivity index (χ1) is 20.3. The lowest BCUT2D eigenvalue weighted by Crippen LogP contribution is -2.55. The summed E-state index contributed by atoms with van der Waals surface area (Å²) in [5.74, 6) is 0.382. The number of nitrogens with zero attached hydrogens (tertiary/aromatic N) is 2. The normalized spacial score (nSPS) is 12.3. The predicted molar refractivity (Wildman–Crippen MR) is 172 cm³/mol. The Labute approximate surface area is 263 Å². The highest BCUT2D eigenvalue weighted by atomic mass is 79.9. The van der Waals surface area contributed by atoms with E-state index in [1.54, 1.807) is 55.6 Å². The fraction of sp³-hybridized carbons (Fsp3) is 0.375. The molecule has 11 heteroatoms. The van der Waals surface area contributed by atoms with Crippen LogP contribution in [0.25, 0.3) is 0 Å². The summed E-state index contributed by atoms with van der Waals surface area (Å²) in [6.07, 6.45) is 0.326. The topological polar surface area (TPSA) is 105 Å². The maximum atomic E-state index is 14.2. The minimum absolute atomic E-state index is 0.0246. The van der Waals surface area contributed by atoms with Gasteiger partial charge in [0, 0.05) is 16.6 Å². The quantitative estimate of drug-likeness (QED) is 0.247. The number of rotatable bonds is 13. The van der Waals surface area contributed by atoms with Crippen molar-refractivity contribution in [3.8, 4) is 11.5 Å². The molecule has 1 N–H and O–H groups in total. The number of halogens is 1. The molecule has 0 fully saturated rings. The Morgan fingerprint density at radius 3 is 2.00 bits per heavy atom. The standard InChI is InChI=1S/C32H40BrN3O6S/c1-7-29(31(38)34-32(3,4)5)35(21-23-9-15-26(41-6)16-10-23)30(37)22-36(25-13-17-27(18-14-25)42-8-2)43(39,40)28-19-11-24(33)12-20-28/h9-20,29H,7-8,21-22H2,1-6H3,(H,34,38)/t29-/m0/s1. The molecule has 2 amide bonds. The molecule has 0 aliphatic carbocycles. The molecule has 0 bridgehead atoms. The van der Waals surface area contributed by atoms with Crippen LogP contribution in [0.5, 0.6) is 11.5 Å². The van der Waals surface area contributed by atoms with Gasteiger partial charge in [-0.25, -0.2) is 8.42 Å². The Kier molecular flexibility index (Phi) is 11.6. The van der Waals surface area contributed by atoms with E-state index in [1.807, 2.05) is 46.8 Å². The van der Waals surface area contributed by atoms with Crippen molar-refractivity contribution in [2.45, 2.75) is 64.1 Å². The average molecular weight is 675 g/mol. The van der Waals surface area contributed by atoms with Crippen molar-refractivity contribution in [3.63, 3.8) is 0 Å². The van der Waals surface area contributed by atoms with Crippen LogP contribution in [-0.4, -0.2) is 57.0 Å². The molecule has 0 heterocycles. The molecule has 232 valence electrons. The van der Waals surface area contributed by atoms with E-state index in [1.165, 1.54) is 17.0 Å². The fourth-order valence-corrected chi connectivity index (χ4v) is 6.12. The first kappa shape index (κ1) is 33.9. The molecule has 0 spiro atoms. The molecular formula is C32H40BrN3O6S. The molecule has 0 aliphatic rings. The number of methoxy groups -OCH3 is 1. The van der Waals surface area contributed by atoms with Gasteiger partial charge >= 0.3 is 0 Å². The second kappa shape index (κ2) is 14.7. The van der Waals surface area contributed by atoms with Gasteiger partial charge in [0.2, 0.25) is 11.8 Å². The average Bonchev–Trinajstić information content (AvgIpc) is 2.96. The van der Waals surface area contributed by atoms with Crippen LogP contribution in [0.3, 0.4) is 0 Å². The zero-order valence-electron chi connectivity index (χ0n) is 25.5. The predicted octanol–water partition coefficient (Wildman–Crippen LogP) is 5.77. The molecule has 43 heavy (non-hydrogen) atoms. The lowest BCUT2D eigenvalue weighted by Gasteiger charge is -2.34. The van der Waals surface area contributed by atoms with Crippen molar-refractivity contribution < 1.29 is 27.5 Å². The van der Waals surface area contributed by atoms with Crippen LogP contribution in [0.2, 0.25) is 0 Å². The second-order valence-electron chi connectivity index (χ2n) is 10.9. The van der Waals surface area contributed by atoms with Gasteiger partial charge in [0.25, 0.3) is 10.0 Å². The molecule has 3 aromatic rings. The molecule has 0 aromatic heterocycles. The lowest BCUT2D eigenvalue weighted by molar-refractivity contribution is -0.141. The van der Waals surface area contributed by atoms with Gasteiger partial charge < -0.3 is 19.7 Å². The number of benzene rings is 3. The fourth-order valence-electron chi connectivity index (χ4n) is 4.44. The Balaban J connectivity index is 2.07. The summed E-state index contributed by atoms with van der Waals surface area (Å²) in [5.41, 5.74) is 0.523. The number of anilines is 1. The van der Waals surface area contributed by atoms with Crippen LogP contribution in [0.4, 0.5) is 5.69 Å². The highest BCUT2D eigenvalue weighted by Gasteiger charge is 2.34. The van der Waals surface area contributed by atoms with Crippen molar-refractivity contribution in [3.05, 3.63) is 82.8 Å². The number of ether oxygens (including phenoxy) is 2. The lowest BCUT2D eigenvalue weighted by atomic mass is 10.1. The monoisotopic (exact) mass is 673 g/mol. The third-order valence-electron chi connectivity index (χ3n) is 6.51. The van der Waals surface area contributed by atoms with E-state index in [9.17, 15) is 18.0 Å². The van der Waals surface area contributed by atoms with Crippen molar-refractivity contribution >= 4 is 43.5 Å². The summed E-state index contributed by atoms with van der Waals surface area (Å²) < 4.78 is 40.6. The number of sulfonamides is 1. The van der Waals surface area contributed by atoms with E-state index in [0.717, 1.165) is 14.3 Å². The summed E-state index contributed by atoms with van der Waals surface area (Å²) >= 11 is 3.35. The van der Waals surface area contributed by atoms with Crippen LogP contribution in [0.1, 0.15) is 46.6 Å². The molecule has 3 aromatic carbocycles. The highest BCUT2D eigenvalue weighted by Crippen LogP contribution is 2.28. The maximum absolute atomic E-state index is 14.2. The Morgan fingerprint density at radius 2 is 1.49 bits per heavy atom. The van der Waals surface area contributed by atoms with Crippen molar-refractivity contribution in [2.75, 3.05) is 24.6 Å². The largest absolute Gasteiger partial charge is 0.497 e. The molecule has 0 saturated carbocycles. The third-order valence-corrected chi connectivity index (χ3v) is 8.83. The molecule has 9 nitrogen and oxygen atoms in total. The van der Waals surface area contributed by atoms with E-state index in [0.29, 0.717) is 24.5 Å². The maximum Gasteiger partial charge on any atom is 0.264 e. The number of carbonyl (C=O) groups excluding carboxylic acids is 2. The Morgan fingerprint density at radius 1 is 0.907 bits per heavy atom. The first-order valence-corrected chi connectivity index (χ1v) is 16.3. The van der Waals surface area contributed by atoms with E-state index in [4.69, 9.17) is 9.47 Å². The van der Waals surface area contributed by atoms with Crippen LogP contribution in [-0.2, 0) is 26.2 Å². The van der Waals surface area contributed by atoms with Gasteiger partial charge in [0.1, 0.15) is 24.1 Å². The van der Waals surface area contributed by atoms with Crippen LogP contribution < -0.4 is 19.1 Å². The molecule has 0 saturated heterocycles. The molecule has 0 radical (unpaired) electrons. The summed E-state index contributed by atoms with van der Waals surface area (Å²) in [5, 5.41) is 2.97. The van der Waals surface area contributed by atoms with Gasteiger partial charge in [-0.1, -0.05) is 35.0 Å². The minimum atomic E-state index is -4.18. The van der Waals surface area contributed by atoms with Gasteiger partial charge in [0.05, 0.1) is 24.3 Å². The van der Waals surface area contributed by atoms with E-state index in [2.05, 4.69) is 21.2 Å². The van der Waals surface area contributed by atoms with Crippen molar-refractivity contribution in [2.24, 2.45) is 0 Å². The first-order valence-electron chi connectivity index (χ1n) is 14.0. The van der Waals surface area contributed by atoms with Crippen molar-refractivity contribution in [1.82, 2.24) is 10.2 Å². The molecular weight excluding hydrogens is 634 g/mol. The Hall–Kier alpha value is -3.57. The number of nitrogens with one attached hydrogen (secondary N) is 1. The second-order valence-corrected chi connectivity index (χ2v) is 13.7. The third kappa shape index (κ3) is 9.21. The molecule has 0 unspecified atom stereocenters. The highest BCUT2D eigenvalue weighted by molar-refractivity contribution is 9.10. The number of hydrogen-bond acceptors (Lipinski definition) is 6. The van der Waals surface area contributed by atoms with Crippen LogP contribution in [0, 0.1) is 0 Å². The number of carbonyl (C=O) groups is 2. The van der Waals surface area contributed by atoms with Crippen LogP contribution >= 0.6 is 15.9 Å². The minimum Gasteiger partial charge on any atom is -0.497 e. The molecule has 0 aliphatic heterocycles. The summed E-state index contributed by atoms with van der Waals surface area (Å²) in [6.45, 7) is 9.30. The van der Waals surface area contributed by atoms with Gasteiger partial charge in [-0.15, -0.1) is 0 Å². The summed E-state index contributed by atoms with van der Waals surface area (Å²) in [7, 11) is -2.62. The summed E-state index contributed by atoms with van der Waals surface area (Å²) in [6, 6.07) is 19.1. The zero-order chi connectivity index (χ0) is 31.8. The Bertz CT molecular complexity index is 1470. The summed E-state index contributed by atoms with van der Waals surface area (Å²) in [4.78, 5) is 29.1. The van der Waals surface area contributed by atoms with E-state index < -0.39 is 34.1 Å². The van der Waals surface area contributed by atoms with Gasteiger partial charge in [-0.3, -0.25) is 13.9 Å².